The predicted molar refractivity (Wildman–Crippen MR) is 91.7 cm³/mol. The summed E-state index contributed by atoms with van der Waals surface area (Å²) in [6, 6.07) is 1.85. The van der Waals surface area contributed by atoms with Crippen LogP contribution in [0.25, 0.3) is 0 Å². The third kappa shape index (κ3) is 8.80. The van der Waals surface area contributed by atoms with Gasteiger partial charge in [0.1, 0.15) is 0 Å². The average molecular weight is 302 g/mol. The highest BCUT2D eigenvalue weighted by Crippen LogP contribution is 2.28. The van der Waals surface area contributed by atoms with Crippen LogP contribution in [0.5, 0.6) is 0 Å². The molecule has 0 aromatic heterocycles. The first-order valence-corrected chi connectivity index (χ1v) is 8.88. The third-order valence-electron chi connectivity index (χ3n) is 5.17. The second-order valence-electron chi connectivity index (χ2n) is 7.42. The fraction of sp³-hybridized carbons (Fsp3) is 1.00. The molecule has 3 nitrogen and oxygen atoms in total. The summed E-state index contributed by atoms with van der Waals surface area (Å²) in [4.78, 5) is 2.72. The summed E-state index contributed by atoms with van der Waals surface area (Å²) in [5.41, 5.74) is -0.458. The maximum Gasteiger partial charge on any atom is 0.0589 e. The summed E-state index contributed by atoms with van der Waals surface area (Å²) in [5.74, 6) is 0. The van der Waals surface area contributed by atoms with E-state index in [1.165, 1.54) is 64.2 Å². The van der Waals surface area contributed by atoms with Gasteiger partial charge in [0.25, 0.3) is 0 Å². The van der Waals surface area contributed by atoms with Gasteiger partial charge in [-0.25, -0.2) is 0 Å². The van der Waals surface area contributed by atoms with E-state index >= 15 is 0 Å². The molecule has 128 valence electrons. The molecule has 0 amide bonds. The van der Waals surface area contributed by atoms with Crippen molar-refractivity contribution in [2.75, 3.05) is 7.05 Å². The van der Waals surface area contributed by atoms with Crippen LogP contribution in [-0.2, 0) is 0 Å². The maximum absolute atomic E-state index is 8.83. The Morgan fingerprint density at radius 1 is 0.857 bits per heavy atom. The normalized spacial score (nSPS) is 21.4. The average Bonchev–Trinajstić information content (AvgIpc) is 2.48. The van der Waals surface area contributed by atoms with Gasteiger partial charge in [0, 0.05) is 12.1 Å². The van der Waals surface area contributed by atoms with E-state index in [0.29, 0.717) is 0 Å². The molecule has 2 aliphatic rings. The van der Waals surface area contributed by atoms with Gasteiger partial charge < -0.3 is 15.5 Å². The monoisotopic (exact) mass is 301 g/mol. The zero-order chi connectivity index (χ0) is 15.0. The van der Waals surface area contributed by atoms with Gasteiger partial charge in [-0.05, 0) is 53.0 Å². The Hall–Kier alpha value is -0.120. The van der Waals surface area contributed by atoms with Crippen LogP contribution < -0.4 is 0 Å². The highest BCUT2D eigenvalue weighted by molar-refractivity contribution is 4.81. The van der Waals surface area contributed by atoms with Crippen LogP contribution in [0, 0.1) is 0 Å². The Kier molecular flexibility index (Phi) is 10.5. The van der Waals surface area contributed by atoms with Gasteiger partial charge in [-0.3, -0.25) is 0 Å². The molecule has 0 bridgehead atoms. The van der Waals surface area contributed by atoms with Crippen molar-refractivity contribution in [2.24, 2.45) is 0 Å². The van der Waals surface area contributed by atoms with E-state index in [1.54, 1.807) is 13.8 Å². The SMILES string of the molecule is CCC(C)(C)O.CN(C1CCCCC1)C1CCCCC1.O. The lowest BCUT2D eigenvalue weighted by Crippen LogP contribution is -2.42. The molecular weight excluding hydrogens is 262 g/mol. The molecule has 0 atom stereocenters. The molecule has 0 aliphatic heterocycles. The number of hydrogen-bond donors (Lipinski definition) is 1. The lowest BCUT2D eigenvalue weighted by atomic mass is 9.89. The Balaban J connectivity index is 0.000000495. The van der Waals surface area contributed by atoms with E-state index in [2.05, 4.69) is 11.9 Å². The van der Waals surface area contributed by atoms with E-state index in [0.717, 1.165) is 18.5 Å². The Morgan fingerprint density at radius 2 is 1.14 bits per heavy atom. The summed E-state index contributed by atoms with van der Waals surface area (Å²) < 4.78 is 0. The van der Waals surface area contributed by atoms with Crippen LogP contribution in [0.4, 0.5) is 0 Å². The van der Waals surface area contributed by atoms with Crippen molar-refractivity contribution in [2.45, 2.75) is 109 Å². The third-order valence-corrected chi connectivity index (χ3v) is 5.17. The summed E-state index contributed by atoms with van der Waals surface area (Å²) in [6.45, 7) is 5.56. The molecule has 2 aliphatic carbocycles. The number of hydrogen-bond acceptors (Lipinski definition) is 2. The highest BCUT2D eigenvalue weighted by Gasteiger charge is 2.25. The fourth-order valence-corrected chi connectivity index (χ4v) is 3.27. The standard InChI is InChI=1S/C13H25N.C5H12O.H2O/c1-14(12-8-4-2-5-9-12)13-10-6-3-7-11-13;1-4-5(2,3)6;/h12-13H,2-11H2,1H3;6H,4H2,1-3H3;1H2. The van der Waals surface area contributed by atoms with E-state index in [4.69, 9.17) is 5.11 Å². The molecule has 0 heterocycles. The number of nitrogens with zero attached hydrogens (tertiary/aromatic N) is 1. The Morgan fingerprint density at radius 3 is 1.38 bits per heavy atom. The van der Waals surface area contributed by atoms with Crippen molar-refractivity contribution in [3.8, 4) is 0 Å². The summed E-state index contributed by atoms with van der Waals surface area (Å²) >= 11 is 0. The topological polar surface area (TPSA) is 55.0 Å². The van der Waals surface area contributed by atoms with Crippen molar-refractivity contribution in [3.63, 3.8) is 0 Å². The van der Waals surface area contributed by atoms with E-state index in [1.807, 2.05) is 6.92 Å². The van der Waals surface area contributed by atoms with E-state index in [-0.39, 0.29) is 5.48 Å². The van der Waals surface area contributed by atoms with Gasteiger partial charge in [0.2, 0.25) is 0 Å². The molecular formula is C18H39NO2. The molecule has 2 saturated carbocycles. The smallest absolute Gasteiger partial charge is 0.0589 e. The molecule has 0 radical (unpaired) electrons. The van der Waals surface area contributed by atoms with Gasteiger partial charge in [-0.1, -0.05) is 45.4 Å². The largest absolute Gasteiger partial charge is 0.412 e. The lowest BCUT2D eigenvalue weighted by molar-refractivity contribution is 0.0765. The van der Waals surface area contributed by atoms with Crippen molar-refractivity contribution in [3.05, 3.63) is 0 Å². The van der Waals surface area contributed by atoms with Gasteiger partial charge in [0.15, 0.2) is 0 Å². The lowest BCUT2D eigenvalue weighted by Gasteiger charge is -2.39. The number of aliphatic hydroxyl groups is 1. The van der Waals surface area contributed by atoms with Gasteiger partial charge in [-0.2, -0.15) is 0 Å². The van der Waals surface area contributed by atoms with E-state index in [9.17, 15) is 0 Å². The van der Waals surface area contributed by atoms with Gasteiger partial charge in [0.05, 0.1) is 5.60 Å². The minimum atomic E-state index is -0.458. The van der Waals surface area contributed by atoms with Crippen LogP contribution in [0.2, 0.25) is 0 Å². The van der Waals surface area contributed by atoms with Crippen LogP contribution in [0.1, 0.15) is 91.4 Å². The Bertz CT molecular complexity index is 220. The maximum atomic E-state index is 8.83. The molecule has 2 rings (SSSR count). The molecule has 0 saturated heterocycles. The van der Waals surface area contributed by atoms with Crippen LogP contribution in [-0.4, -0.2) is 40.2 Å². The predicted octanol–water partition coefficient (Wildman–Crippen LogP) is 3.93. The first-order chi connectivity index (χ1) is 9.44. The fourth-order valence-electron chi connectivity index (χ4n) is 3.27. The molecule has 0 unspecified atom stereocenters. The molecule has 2 fully saturated rings. The summed E-state index contributed by atoms with van der Waals surface area (Å²) in [6.07, 6.45) is 15.5. The molecule has 21 heavy (non-hydrogen) atoms. The van der Waals surface area contributed by atoms with Crippen molar-refractivity contribution < 1.29 is 10.6 Å². The first kappa shape index (κ1) is 20.9. The van der Waals surface area contributed by atoms with E-state index < -0.39 is 5.60 Å². The Labute approximate surface area is 132 Å². The van der Waals surface area contributed by atoms with Crippen molar-refractivity contribution in [1.82, 2.24) is 4.90 Å². The zero-order valence-corrected chi connectivity index (χ0v) is 14.8. The summed E-state index contributed by atoms with van der Waals surface area (Å²) in [7, 11) is 2.38. The molecule has 3 heteroatoms. The van der Waals surface area contributed by atoms with Crippen LogP contribution in [0.3, 0.4) is 0 Å². The second kappa shape index (κ2) is 10.6. The first-order valence-electron chi connectivity index (χ1n) is 8.88. The van der Waals surface area contributed by atoms with Gasteiger partial charge in [-0.15, -0.1) is 0 Å². The molecule has 0 aromatic carbocycles. The van der Waals surface area contributed by atoms with Crippen molar-refractivity contribution >= 4 is 0 Å². The minimum absolute atomic E-state index is 0. The summed E-state index contributed by atoms with van der Waals surface area (Å²) in [5, 5.41) is 8.83. The molecule has 3 N–H and O–H groups in total. The molecule has 0 spiro atoms. The minimum Gasteiger partial charge on any atom is -0.412 e. The van der Waals surface area contributed by atoms with Crippen LogP contribution in [0.15, 0.2) is 0 Å². The van der Waals surface area contributed by atoms with Crippen molar-refractivity contribution in [1.29, 1.82) is 0 Å². The quantitative estimate of drug-likeness (QED) is 0.858. The number of rotatable bonds is 3. The van der Waals surface area contributed by atoms with Crippen LogP contribution >= 0.6 is 0 Å². The molecule has 0 aromatic rings. The second-order valence-corrected chi connectivity index (χ2v) is 7.42. The van der Waals surface area contributed by atoms with Gasteiger partial charge >= 0.3 is 0 Å². The highest BCUT2D eigenvalue weighted by atomic mass is 16.3. The zero-order valence-electron chi connectivity index (χ0n) is 14.8.